The molecule has 1 aliphatic heterocycles. The molecule has 0 N–H and O–H groups in total. The van der Waals surface area contributed by atoms with Gasteiger partial charge in [-0.1, -0.05) is 0 Å². The van der Waals surface area contributed by atoms with Crippen LogP contribution >= 0.6 is 15.9 Å². The Morgan fingerprint density at radius 1 is 1.36 bits per heavy atom. The largest absolute Gasteiger partial charge is 0.496 e. The lowest BCUT2D eigenvalue weighted by Gasteiger charge is -2.40. The lowest BCUT2D eigenvalue weighted by atomic mass is 10.1. The van der Waals surface area contributed by atoms with E-state index in [9.17, 15) is 9.18 Å². The van der Waals surface area contributed by atoms with Crippen molar-refractivity contribution in [2.24, 2.45) is 0 Å². The fourth-order valence-electron chi connectivity index (χ4n) is 2.91. The molecule has 25 heavy (non-hydrogen) atoms. The fourth-order valence-corrected chi connectivity index (χ4v) is 3.36. The van der Waals surface area contributed by atoms with Crippen molar-refractivity contribution in [2.45, 2.75) is 45.9 Å². The summed E-state index contributed by atoms with van der Waals surface area (Å²) in [5, 5.41) is 0. The SMILES string of the molecule is COc1ccc(F)c(Br)c1CN1CCN(C(=O)OC(C)(C)C)[C@@H](C)C1. The summed E-state index contributed by atoms with van der Waals surface area (Å²) in [6, 6.07) is 3.03. The molecule has 1 saturated heterocycles. The smallest absolute Gasteiger partial charge is 0.410 e. The number of methoxy groups -OCH3 is 1. The molecule has 2 rings (SSSR count). The first-order valence-corrected chi connectivity index (χ1v) is 9.14. The van der Waals surface area contributed by atoms with Gasteiger partial charge in [0.05, 0.1) is 11.6 Å². The maximum Gasteiger partial charge on any atom is 0.410 e. The van der Waals surface area contributed by atoms with Gasteiger partial charge in [0, 0.05) is 37.8 Å². The van der Waals surface area contributed by atoms with Crippen LogP contribution in [0.15, 0.2) is 16.6 Å². The Kier molecular flexibility index (Phi) is 6.32. The van der Waals surface area contributed by atoms with Gasteiger partial charge in [-0.05, 0) is 55.8 Å². The first kappa shape index (κ1) is 20.0. The predicted molar refractivity (Wildman–Crippen MR) is 98.3 cm³/mol. The standard InChI is InChI=1S/C18H26BrFN2O3/c1-12-10-21(8-9-22(12)17(23)25-18(2,3)4)11-13-15(24-5)7-6-14(20)16(13)19/h6-7,12H,8-11H2,1-5H3/t12-/m0/s1. The van der Waals surface area contributed by atoms with Crippen molar-refractivity contribution in [3.63, 3.8) is 0 Å². The van der Waals surface area contributed by atoms with E-state index in [1.165, 1.54) is 6.07 Å². The molecule has 1 atom stereocenters. The molecule has 7 heteroatoms. The molecule has 0 saturated carbocycles. The topological polar surface area (TPSA) is 42.0 Å². The van der Waals surface area contributed by atoms with Gasteiger partial charge < -0.3 is 14.4 Å². The van der Waals surface area contributed by atoms with Gasteiger partial charge in [0.2, 0.25) is 0 Å². The second kappa shape index (κ2) is 7.91. The van der Waals surface area contributed by atoms with Crippen molar-refractivity contribution >= 4 is 22.0 Å². The summed E-state index contributed by atoms with van der Waals surface area (Å²) in [7, 11) is 1.58. The third kappa shape index (κ3) is 5.07. The van der Waals surface area contributed by atoms with Crippen LogP contribution in [0.5, 0.6) is 5.75 Å². The molecular weight excluding hydrogens is 391 g/mol. The van der Waals surface area contributed by atoms with Crippen LogP contribution in [-0.2, 0) is 11.3 Å². The molecule has 0 radical (unpaired) electrons. The van der Waals surface area contributed by atoms with Crippen LogP contribution in [0.1, 0.15) is 33.3 Å². The normalized spacial score (nSPS) is 19.0. The zero-order valence-corrected chi connectivity index (χ0v) is 17.0. The van der Waals surface area contributed by atoms with E-state index in [-0.39, 0.29) is 18.0 Å². The number of ether oxygens (including phenoxy) is 2. The summed E-state index contributed by atoms with van der Waals surface area (Å²) in [5.41, 5.74) is 0.272. The van der Waals surface area contributed by atoms with Crippen molar-refractivity contribution in [3.05, 3.63) is 28.0 Å². The number of rotatable bonds is 3. The second-order valence-corrected chi connectivity index (χ2v) is 8.09. The highest BCUT2D eigenvalue weighted by Gasteiger charge is 2.31. The van der Waals surface area contributed by atoms with Gasteiger partial charge in [-0.2, -0.15) is 0 Å². The number of hydrogen-bond acceptors (Lipinski definition) is 4. The third-order valence-electron chi connectivity index (χ3n) is 4.09. The summed E-state index contributed by atoms with van der Waals surface area (Å²) in [6.07, 6.45) is -0.288. The quantitative estimate of drug-likeness (QED) is 0.745. The van der Waals surface area contributed by atoms with Gasteiger partial charge >= 0.3 is 6.09 Å². The Hall–Kier alpha value is -1.34. The number of halogens is 2. The first-order valence-electron chi connectivity index (χ1n) is 8.35. The molecule has 5 nitrogen and oxygen atoms in total. The summed E-state index contributed by atoms with van der Waals surface area (Å²) < 4.78 is 25.1. The molecule has 1 aromatic rings. The Morgan fingerprint density at radius 2 is 2.04 bits per heavy atom. The molecule has 1 aliphatic rings. The maximum atomic E-state index is 13.9. The van der Waals surface area contributed by atoms with Crippen LogP contribution in [0.4, 0.5) is 9.18 Å². The molecule has 1 heterocycles. The summed E-state index contributed by atoms with van der Waals surface area (Å²) in [6.45, 7) is 10.1. The van der Waals surface area contributed by atoms with Gasteiger partial charge in [-0.15, -0.1) is 0 Å². The Bertz CT molecular complexity index is 633. The zero-order chi connectivity index (χ0) is 18.8. The minimum Gasteiger partial charge on any atom is -0.496 e. The monoisotopic (exact) mass is 416 g/mol. The van der Waals surface area contributed by atoms with Crippen LogP contribution in [0, 0.1) is 5.82 Å². The van der Waals surface area contributed by atoms with E-state index in [0.717, 1.165) is 5.56 Å². The van der Waals surface area contributed by atoms with Crippen LogP contribution in [-0.4, -0.2) is 54.3 Å². The highest BCUT2D eigenvalue weighted by Crippen LogP contribution is 2.31. The van der Waals surface area contributed by atoms with Crippen molar-refractivity contribution in [2.75, 3.05) is 26.7 Å². The van der Waals surface area contributed by atoms with E-state index < -0.39 is 5.60 Å². The van der Waals surface area contributed by atoms with Gasteiger partial charge in [0.25, 0.3) is 0 Å². The molecule has 140 valence electrons. The average molecular weight is 417 g/mol. The molecule has 0 aliphatic carbocycles. The van der Waals surface area contributed by atoms with Crippen LogP contribution in [0.2, 0.25) is 0 Å². The molecule has 0 spiro atoms. The second-order valence-electron chi connectivity index (χ2n) is 7.30. The number of nitrogens with zero attached hydrogens (tertiary/aromatic N) is 2. The molecular formula is C18H26BrFN2O3. The van der Waals surface area contributed by atoms with E-state index in [4.69, 9.17) is 9.47 Å². The van der Waals surface area contributed by atoms with Crippen molar-refractivity contribution in [1.29, 1.82) is 0 Å². The van der Waals surface area contributed by atoms with Crippen LogP contribution in [0.25, 0.3) is 0 Å². The highest BCUT2D eigenvalue weighted by molar-refractivity contribution is 9.10. The Morgan fingerprint density at radius 3 is 2.60 bits per heavy atom. The molecule has 1 amide bonds. The zero-order valence-electron chi connectivity index (χ0n) is 15.4. The number of benzene rings is 1. The van der Waals surface area contributed by atoms with Gasteiger partial charge in [-0.25, -0.2) is 9.18 Å². The lowest BCUT2D eigenvalue weighted by Crippen LogP contribution is -2.54. The minimum absolute atomic E-state index is 0.0157. The van der Waals surface area contributed by atoms with Crippen LogP contribution in [0.3, 0.4) is 0 Å². The molecule has 0 bridgehead atoms. The van der Waals surface area contributed by atoms with E-state index in [1.54, 1.807) is 18.1 Å². The van der Waals surface area contributed by atoms with E-state index in [2.05, 4.69) is 20.8 Å². The fraction of sp³-hybridized carbons (Fsp3) is 0.611. The molecule has 0 aromatic heterocycles. The first-order chi connectivity index (χ1) is 11.6. The molecule has 1 aromatic carbocycles. The van der Waals surface area contributed by atoms with Crippen LogP contribution < -0.4 is 4.74 Å². The number of carbonyl (C=O) groups excluding carboxylic acids is 1. The van der Waals surface area contributed by atoms with E-state index in [0.29, 0.717) is 36.4 Å². The number of amides is 1. The number of hydrogen-bond donors (Lipinski definition) is 0. The number of carbonyl (C=O) groups is 1. The van der Waals surface area contributed by atoms with Crippen molar-refractivity contribution in [3.8, 4) is 5.75 Å². The van der Waals surface area contributed by atoms with E-state index in [1.807, 2.05) is 27.7 Å². The van der Waals surface area contributed by atoms with Crippen molar-refractivity contribution in [1.82, 2.24) is 9.80 Å². The lowest BCUT2D eigenvalue weighted by molar-refractivity contribution is 0.000454. The summed E-state index contributed by atoms with van der Waals surface area (Å²) >= 11 is 3.32. The minimum atomic E-state index is -0.506. The summed E-state index contributed by atoms with van der Waals surface area (Å²) in [4.78, 5) is 16.2. The van der Waals surface area contributed by atoms with Gasteiger partial charge in [-0.3, -0.25) is 4.90 Å². The van der Waals surface area contributed by atoms with Gasteiger partial charge in [0.1, 0.15) is 17.2 Å². The summed E-state index contributed by atoms with van der Waals surface area (Å²) in [5.74, 6) is 0.340. The predicted octanol–water partition coefficient (Wildman–Crippen LogP) is 4.04. The maximum absolute atomic E-state index is 13.9. The molecule has 0 unspecified atom stereocenters. The van der Waals surface area contributed by atoms with Gasteiger partial charge in [0.15, 0.2) is 0 Å². The number of piperazine rings is 1. The van der Waals surface area contributed by atoms with E-state index >= 15 is 0 Å². The van der Waals surface area contributed by atoms with Crippen molar-refractivity contribution < 1.29 is 18.7 Å². The Balaban J connectivity index is 2.05. The highest BCUT2D eigenvalue weighted by atomic mass is 79.9. The third-order valence-corrected chi connectivity index (χ3v) is 4.95. The Labute approximate surface area is 157 Å². The average Bonchev–Trinajstić information content (AvgIpc) is 2.50. The molecule has 1 fully saturated rings.